The highest BCUT2D eigenvalue weighted by molar-refractivity contribution is 7.89. The van der Waals surface area contributed by atoms with Crippen molar-refractivity contribution in [3.05, 3.63) is 45.8 Å². The van der Waals surface area contributed by atoms with Crippen LogP contribution < -0.4 is 5.32 Å². The molecule has 184 valence electrons. The van der Waals surface area contributed by atoms with Crippen molar-refractivity contribution in [1.82, 2.24) is 9.21 Å². The predicted octanol–water partition coefficient (Wildman–Crippen LogP) is 4.21. The molecule has 2 aliphatic rings. The second-order valence-corrected chi connectivity index (χ2v) is 12.2. The molecule has 10 heteroatoms. The molecule has 1 aliphatic heterocycles. The van der Waals surface area contributed by atoms with Crippen LogP contribution in [0, 0.1) is 6.92 Å². The average Bonchev–Trinajstić information content (AvgIpc) is 3.14. The van der Waals surface area contributed by atoms with E-state index in [-0.39, 0.29) is 5.97 Å². The van der Waals surface area contributed by atoms with Gasteiger partial charge in [0.25, 0.3) is 0 Å². The molecule has 1 saturated heterocycles. The number of benzene rings is 1. The van der Waals surface area contributed by atoms with Gasteiger partial charge in [-0.3, -0.25) is 0 Å². The summed E-state index contributed by atoms with van der Waals surface area (Å²) in [7, 11) is -2.13. The Morgan fingerprint density at radius 3 is 2.32 bits per heavy atom. The molecule has 0 atom stereocenters. The van der Waals surface area contributed by atoms with Crippen molar-refractivity contribution in [3.8, 4) is 0 Å². The van der Waals surface area contributed by atoms with E-state index in [1.54, 1.807) is 23.5 Å². The monoisotopic (exact) mass is 521 g/mol. The van der Waals surface area contributed by atoms with E-state index in [0.29, 0.717) is 41.8 Å². The number of carbonyl (C=O) groups is 1. The molecule has 1 aromatic carbocycles. The van der Waals surface area contributed by atoms with Crippen molar-refractivity contribution < 1.29 is 17.9 Å². The highest BCUT2D eigenvalue weighted by Crippen LogP contribution is 2.37. The Labute approximate surface area is 211 Å². The molecule has 0 bridgehead atoms. The van der Waals surface area contributed by atoms with Gasteiger partial charge < -0.3 is 15.0 Å². The number of esters is 1. The largest absolute Gasteiger partial charge is 0.465 e. The predicted molar refractivity (Wildman–Crippen MR) is 139 cm³/mol. The molecule has 0 unspecified atom stereocenters. The first kappa shape index (κ1) is 25.1. The van der Waals surface area contributed by atoms with Crippen LogP contribution >= 0.6 is 23.6 Å². The molecule has 1 N–H and O–H groups in total. The lowest BCUT2D eigenvalue weighted by atomic mass is 9.96. The lowest BCUT2D eigenvalue weighted by Crippen LogP contribution is -2.51. The van der Waals surface area contributed by atoms with E-state index >= 15 is 0 Å². The molecule has 0 saturated carbocycles. The summed E-state index contributed by atoms with van der Waals surface area (Å²) in [4.78, 5) is 16.2. The van der Waals surface area contributed by atoms with Crippen LogP contribution in [0.15, 0.2) is 29.2 Å². The first-order valence-electron chi connectivity index (χ1n) is 11.7. The van der Waals surface area contributed by atoms with Gasteiger partial charge in [0.15, 0.2) is 5.11 Å². The van der Waals surface area contributed by atoms with Crippen LogP contribution in [-0.2, 0) is 27.6 Å². The van der Waals surface area contributed by atoms with Crippen LogP contribution in [0.25, 0.3) is 0 Å². The summed E-state index contributed by atoms with van der Waals surface area (Å²) >= 11 is 7.27. The smallest absolute Gasteiger partial charge is 0.341 e. The van der Waals surface area contributed by atoms with Crippen molar-refractivity contribution in [2.45, 2.75) is 50.3 Å². The summed E-state index contributed by atoms with van der Waals surface area (Å²) in [6, 6.07) is 6.93. The van der Waals surface area contributed by atoms with Crippen molar-refractivity contribution in [2.75, 3.05) is 38.6 Å². The number of anilines is 1. The third-order valence-corrected chi connectivity index (χ3v) is 9.95. The lowest BCUT2D eigenvalue weighted by Gasteiger charge is -2.35. The van der Waals surface area contributed by atoms with Crippen LogP contribution in [0.3, 0.4) is 0 Å². The van der Waals surface area contributed by atoms with E-state index in [1.165, 1.54) is 29.1 Å². The summed E-state index contributed by atoms with van der Waals surface area (Å²) in [6.45, 7) is 3.60. The number of fused-ring (bicyclic) bond motifs is 1. The summed E-state index contributed by atoms with van der Waals surface area (Å²) in [6.07, 6.45) is 6.41. The molecule has 0 amide bonds. The number of hydrogen-bond donors (Lipinski definition) is 1. The second-order valence-electron chi connectivity index (χ2n) is 8.75. The summed E-state index contributed by atoms with van der Waals surface area (Å²) < 4.78 is 32.6. The van der Waals surface area contributed by atoms with Crippen molar-refractivity contribution in [3.63, 3.8) is 0 Å². The zero-order valence-electron chi connectivity index (χ0n) is 19.6. The Hall–Kier alpha value is -2.01. The lowest BCUT2D eigenvalue weighted by molar-refractivity contribution is 0.0601. The Bertz CT molecular complexity index is 1150. The van der Waals surface area contributed by atoms with Gasteiger partial charge in [0.2, 0.25) is 10.0 Å². The van der Waals surface area contributed by atoms with Crippen LogP contribution in [0.2, 0.25) is 0 Å². The highest BCUT2D eigenvalue weighted by Gasteiger charge is 2.30. The van der Waals surface area contributed by atoms with E-state index in [9.17, 15) is 13.2 Å². The van der Waals surface area contributed by atoms with Gasteiger partial charge in [-0.2, -0.15) is 4.31 Å². The zero-order chi connectivity index (χ0) is 24.3. The summed E-state index contributed by atoms with van der Waals surface area (Å²) in [5, 5.41) is 4.53. The third kappa shape index (κ3) is 5.30. The number of methoxy groups -OCH3 is 1. The molecular weight excluding hydrogens is 490 g/mol. The molecule has 4 rings (SSSR count). The van der Waals surface area contributed by atoms with E-state index in [2.05, 4.69) is 5.32 Å². The number of carbonyl (C=O) groups excluding carboxylic acids is 1. The molecule has 34 heavy (non-hydrogen) atoms. The number of thiophene rings is 1. The van der Waals surface area contributed by atoms with Gasteiger partial charge in [-0.1, -0.05) is 30.5 Å². The molecule has 1 aliphatic carbocycles. The number of ether oxygens (including phenoxy) is 1. The molecule has 7 nitrogen and oxygen atoms in total. The molecule has 1 aromatic heterocycles. The van der Waals surface area contributed by atoms with Crippen LogP contribution in [0.5, 0.6) is 0 Å². The highest BCUT2D eigenvalue weighted by atomic mass is 32.2. The van der Waals surface area contributed by atoms with Crippen molar-refractivity contribution in [2.24, 2.45) is 0 Å². The minimum Gasteiger partial charge on any atom is -0.465 e. The fourth-order valence-electron chi connectivity index (χ4n) is 4.49. The first-order valence-corrected chi connectivity index (χ1v) is 14.3. The Morgan fingerprint density at radius 1 is 1.03 bits per heavy atom. The topological polar surface area (TPSA) is 79.0 Å². The van der Waals surface area contributed by atoms with Gasteiger partial charge in [0, 0.05) is 31.1 Å². The molecule has 2 aromatic rings. The van der Waals surface area contributed by atoms with E-state index in [4.69, 9.17) is 17.0 Å². The minimum atomic E-state index is -3.53. The number of nitrogens with one attached hydrogen (secondary N) is 1. The maximum atomic E-state index is 13.0. The number of aryl methyl sites for hydroxylation is 2. The normalized spacial score (nSPS) is 17.4. The molecule has 2 heterocycles. The van der Waals surface area contributed by atoms with Crippen LogP contribution in [0.1, 0.15) is 52.0 Å². The fourth-order valence-corrected chi connectivity index (χ4v) is 7.54. The Morgan fingerprint density at radius 2 is 1.68 bits per heavy atom. The summed E-state index contributed by atoms with van der Waals surface area (Å²) in [5.74, 6) is -0.336. The summed E-state index contributed by atoms with van der Waals surface area (Å²) in [5.41, 5.74) is 2.72. The zero-order valence-corrected chi connectivity index (χ0v) is 22.1. The van der Waals surface area contributed by atoms with Gasteiger partial charge in [-0.05, 0) is 62.5 Å². The maximum Gasteiger partial charge on any atom is 0.341 e. The van der Waals surface area contributed by atoms with Gasteiger partial charge in [-0.15, -0.1) is 11.3 Å². The minimum absolute atomic E-state index is 0.311. The molecule has 0 radical (unpaired) electrons. The van der Waals surface area contributed by atoms with Crippen molar-refractivity contribution in [1.29, 1.82) is 0 Å². The number of sulfonamides is 1. The van der Waals surface area contributed by atoms with Crippen molar-refractivity contribution >= 4 is 49.7 Å². The Kier molecular flexibility index (Phi) is 7.91. The van der Waals surface area contributed by atoms with E-state index in [0.717, 1.165) is 41.8 Å². The number of rotatable bonds is 4. The average molecular weight is 522 g/mol. The standard InChI is InChI=1S/C24H31N3O4S3/c1-17-9-11-18(12-10-17)34(29,30)27-15-13-26(14-16-27)24(32)25-22-21(23(28)31-2)19-7-5-3-4-6-8-20(19)33-22/h9-12H,3-8,13-16H2,1-2H3,(H,25,32). The number of nitrogens with zero attached hydrogens (tertiary/aromatic N) is 2. The fraction of sp³-hybridized carbons (Fsp3) is 0.500. The molecule has 1 fully saturated rings. The van der Waals surface area contributed by atoms with Gasteiger partial charge >= 0.3 is 5.97 Å². The van der Waals surface area contributed by atoms with Gasteiger partial charge in [-0.25, -0.2) is 13.2 Å². The second kappa shape index (κ2) is 10.7. The van der Waals surface area contributed by atoms with Crippen LogP contribution in [0.4, 0.5) is 5.00 Å². The van der Waals surface area contributed by atoms with Crippen LogP contribution in [-0.4, -0.2) is 62.0 Å². The van der Waals surface area contributed by atoms with E-state index < -0.39 is 10.0 Å². The van der Waals surface area contributed by atoms with Gasteiger partial charge in [0.1, 0.15) is 5.00 Å². The SMILES string of the molecule is COC(=O)c1c(NC(=S)N2CCN(S(=O)(=O)c3ccc(C)cc3)CC2)sc2c1CCCCCC2. The third-order valence-electron chi connectivity index (χ3n) is 6.47. The van der Waals surface area contributed by atoms with E-state index in [1.807, 2.05) is 24.0 Å². The number of piperazine rings is 1. The Balaban J connectivity index is 1.45. The number of thiocarbonyl (C=S) groups is 1. The van der Waals surface area contributed by atoms with Gasteiger partial charge in [0.05, 0.1) is 17.6 Å². The number of hydrogen-bond acceptors (Lipinski definition) is 6. The first-order chi connectivity index (χ1) is 16.3. The molecule has 0 spiro atoms. The molecular formula is C24H31N3O4S3. The maximum absolute atomic E-state index is 13.0. The quantitative estimate of drug-likeness (QED) is 0.477.